The number of hydrogen-bond donors (Lipinski definition) is 0. The molecular formula is C18H22FN3O3S. The summed E-state index contributed by atoms with van der Waals surface area (Å²) >= 11 is 1.20. The Kier molecular flexibility index (Phi) is 6.13. The lowest BCUT2D eigenvalue weighted by Gasteiger charge is -2.23. The maximum absolute atomic E-state index is 13.5. The van der Waals surface area contributed by atoms with E-state index in [0.29, 0.717) is 11.8 Å². The van der Waals surface area contributed by atoms with Gasteiger partial charge in [0.05, 0.1) is 25.2 Å². The molecule has 2 aromatic rings. The molecule has 0 radical (unpaired) electrons. The Morgan fingerprint density at radius 1 is 1.27 bits per heavy atom. The summed E-state index contributed by atoms with van der Waals surface area (Å²) < 4.78 is 25.7. The van der Waals surface area contributed by atoms with Crippen molar-refractivity contribution in [3.05, 3.63) is 29.1 Å². The Bertz CT molecular complexity index is 794. The third-order valence-electron chi connectivity index (χ3n) is 4.37. The number of fused-ring (bicyclic) bond motifs is 1. The molecule has 1 aromatic carbocycles. The van der Waals surface area contributed by atoms with Crippen LogP contribution in [0.1, 0.15) is 36.7 Å². The van der Waals surface area contributed by atoms with Gasteiger partial charge in [-0.1, -0.05) is 11.8 Å². The molecule has 140 valence electrons. The van der Waals surface area contributed by atoms with Crippen LogP contribution in [0.25, 0.3) is 5.69 Å². The average Bonchev–Trinajstić information content (AvgIpc) is 3.08. The van der Waals surface area contributed by atoms with E-state index in [-0.39, 0.29) is 17.5 Å². The van der Waals surface area contributed by atoms with Crippen LogP contribution < -0.4 is 4.74 Å². The number of ether oxygens (including phenoxy) is 2. The van der Waals surface area contributed by atoms with Crippen LogP contribution in [-0.4, -0.2) is 40.2 Å². The maximum atomic E-state index is 13.5. The molecule has 0 unspecified atom stereocenters. The summed E-state index contributed by atoms with van der Waals surface area (Å²) in [6, 6.07) is 3.82. The molecule has 0 spiro atoms. The molecule has 26 heavy (non-hydrogen) atoms. The molecule has 8 heteroatoms. The topological polar surface area (TPSA) is 66.2 Å². The van der Waals surface area contributed by atoms with E-state index >= 15 is 0 Å². The monoisotopic (exact) mass is 379 g/mol. The van der Waals surface area contributed by atoms with Gasteiger partial charge in [-0.2, -0.15) is 0 Å². The molecule has 6 nitrogen and oxygen atoms in total. The quantitative estimate of drug-likeness (QED) is 0.543. The second kappa shape index (κ2) is 8.53. The van der Waals surface area contributed by atoms with Crippen molar-refractivity contribution in [1.82, 2.24) is 14.8 Å². The van der Waals surface area contributed by atoms with Gasteiger partial charge in [-0.05, 0) is 55.9 Å². The SMILES string of the molecule is CCOC(=O)CSc1nnc(CF)n1-c1ccc(OC)c2c1CCCC2. The fraction of sp³-hybridized carbons (Fsp3) is 0.500. The molecule has 0 saturated heterocycles. The first kappa shape index (κ1) is 18.7. The number of aromatic nitrogens is 3. The minimum absolute atomic E-state index is 0.108. The molecule has 1 heterocycles. The number of carbonyl (C=O) groups excluding carboxylic acids is 1. The van der Waals surface area contributed by atoms with Crippen LogP contribution >= 0.6 is 11.8 Å². The molecule has 0 bridgehead atoms. The van der Waals surface area contributed by atoms with Crippen molar-refractivity contribution < 1.29 is 18.7 Å². The van der Waals surface area contributed by atoms with Gasteiger partial charge in [0.25, 0.3) is 0 Å². The number of nitrogens with zero attached hydrogens (tertiary/aromatic N) is 3. The number of methoxy groups -OCH3 is 1. The van der Waals surface area contributed by atoms with E-state index in [1.165, 1.54) is 11.8 Å². The van der Waals surface area contributed by atoms with Gasteiger partial charge in [0.2, 0.25) is 0 Å². The zero-order valence-electron chi connectivity index (χ0n) is 15.0. The number of rotatable bonds is 7. The van der Waals surface area contributed by atoms with Crippen molar-refractivity contribution in [2.75, 3.05) is 19.5 Å². The number of carbonyl (C=O) groups is 1. The largest absolute Gasteiger partial charge is 0.496 e. The lowest BCUT2D eigenvalue weighted by atomic mass is 9.89. The van der Waals surface area contributed by atoms with Crippen molar-refractivity contribution in [2.45, 2.75) is 44.4 Å². The Balaban J connectivity index is 2.01. The minimum Gasteiger partial charge on any atom is -0.496 e. The molecule has 1 aromatic heterocycles. The van der Waals surface area contributed by atoms with Crippen LogP contribution in [0.4, 0.5) is 4.39 Å². The highest BCUT2D eigenvalue weighted by Gasteiger charge is 2.23. The summed E-state index contributed by atoms with van der Waals surface area (Å²) in [5, 5.41) is 8.53. The molecule has 0 N–H and O–H groups in total. The number of halogens is 1. The summed E-state index contributed by atoms with van der Waals surface area (Å²) in [7, 11) is 1.66. The first-order valence-electron chi connectivity index (χ1n) is 8.67. The molecule has 0 saturated carbocycles. The summed E-state index contributed by atoms with van der Waals surface area (Å²) in [5.41, 5.74) is 3.17. The fourth-order valence-electron chi connectivity index (χ4n) is 3.26. The van der Waals surface area contributed by atoms with E-state index in [2.05, 4.69) is 10.2 Å². The zero-order chi connectivity index (χ0) is 18.5. The van der Waals surface area contributed by atoms with Crippen LogP contribution in [0.3, 0.4) is 0 Å². The van der Waals surface area contributed by atoms with Crippen LogP contribution in [0.5, 0.6) is 5.75 Å². The van der Waals surface area contributed by atoms with Crippen LogP contribution in [0.15, 0.2) is 17.3 Å². The van der Waals surface area contributed by atoms with E-state index in [1.54, 1.807) is 18.6 Å². The zero-order valence-corrected chi connectivity index (χ0v) is 15.8. The van der Waals surface area contributed by atoms with Gasteiger partial charge >= 0.3 is 5.97 Å². The van der Waals surface area contributed by atoms with Crippen LogP contribution in [0.2, 0.25) is 0 Å². The minimum atomic E-state index is -0.728. The van der Waals surface area contributed by atoms with Gasteiger partial charge in [0.1, 0.15) is 12.4 Å². The first-order valence-corrected chi connectivity index (χ1v) is 9.65. The van der Waals surface area contributed by atoms with Gasteiger partial charge in [-0.15, -0.1) is 10.2 Å². The van der Waals surface area contributed by atoms with Crippen LogP contribution in [-0.2, 0) is 29.0 Å². The van der Waals surface area contributed by atoms with Gasteiger partial charge in [-0.3, -0.25) is 9.36 Å². The normalized spacial score (nSPS) is 13.3. The summed E-state index contributed by atoms with van der Waals surface area (Å²) in [6.07, 6.45) is 4.01. The fourth-order valence-corrected chi connectivity index (χ4v) is 4.03. The number of esters is 1. The molecule has 3 rings (SSSR count). The highest BCUT2D eigenvalue weighted by molar-refractivity contribution is 7.99. The van der Waals surface area contributed by atoms with Crippen LogP contribution in [0, 0.1) is 0 Å². The van der Waals surface area contributed by atoms with Gasteiger partial charge < -0.3 is 9.47 Å². The number of benzene rings is 1. The molecule has 0 fully saturated rings. The third-order valence-corrected chi connectivity index (χ3v) is 5.27. The van der Waals surface area contributed by atoms with E-state index in [0.717, 1.165) is 48.2 Å². The molecule has 1 aliphatic carbocycles. The van der Waals surface area contributed by atoms with E-state index < -0.39 is 6.67 Å². The lowest BCUT2D eigenvalue weighted by molar-refractivity contribution is -0.139. The second-order valence-electron chi connectivity index (χ2n) is 5.91. The Morgan fingerprint density at radius 2 is 2.04 bits per heavy atom. The first-order chi connectivity index (χ1) is 12.7. The van der Waals surface area contributed by atoms with E-state index in [1.807, 2.05) is 12.1 Å². The Labute approximate surface area is 156 Å². The van der Waals surface area contributed by atoms with E-state index in [9.17, 15) is 9.18 Å². The van der Waals surface area contributed by atoms with Gasteiger partial charge in [-0.25, -0.2) is 4.39 Å². The van der Waals surface area contributed by atoms with Gasteiger partial charge in [0.15, 0.2) is 11.0 Å². The molecular weight excluding hydrogens is 357 g/mol. The number of thioether (sulfide) groups is 1. The summed E-state index contributed by atoms with van der Waals surface area (Å²) in [6.45, 7) is 1.36. The Hall–Kier alpha value is -2.09. The maximum Gasteiger partial charge on any atom is 0.316 e. The average molecular weight is 379 g/mol. The third kappa shape index (κ3) is 3.70. The van der Waals surface area contributed by atoms with Crippen molar-refractivity contribution in [3.63, 3.8) is 0 Å². The molecule has 0 aliphatic heterocycles. The van der Waals surface area contributed by atoms with Crippen molar-refractivity contribution in [3.8, 4) is 11.4 Å². The molecule has 1 aliphatic rings. The van der Waals surface area contributed by atoms with Crippen molar-refractivity contribution in [1.29, 1.82) is 0 Å². The smallest absolute Gasteiger partial charge is 0.316 e. The summed E-state index contributed by atoms with van der Waals surface area (Å²) in [4.78, 5) is 11.7. The predicted molar refractivity (Wildman–Crippen MR) is 96.7 cm³/mol. The molecule has 0 amide bonds. The van der Waals surface area contributed by atoms with Crippen molar-refractivity contribution >= 4 is 17.7 Å². The lowest BCUT2D eigenvalue weighted by Crippen LogP contribution is -2.13. The van der Waals surface area contributed by atoms with E-state index in [4.69, 9.17) is 9.47 Å². The number of alkyl halides is 1. The standard InChI is InChI=1S/C18H22FN3O3S/c1-3-25-17(23)11-26-18-21-20-16(10-19)22(18)14-8-9-15(24-2)13-7-5-4-6-12(13)14/h8-9H,3-7,10-11H2,1-2H3. The summed E-state index contributed by atoms with van der Waals surface area (Å²) in [5.74, 6) is 0.871. The predicted octanol–water partition coefficient (Wildman–Crippen LogP) is 3.28. The molecule has 0 atom stereocenters. The highest BCUT2D eigenvalue weighted by Crippen LogP contribution is 2.36. The Morgan fingerprint density at radius 3 is 2.73 bits per heavy atom. The van der Waals surface area contributed by atoms with Crippen molar-refractivity contribution in [2.24, 2.45) is 0 Å². The number of hydrogen-bond acceptors (Lipinski definition) is 6. The second-order valence-corrected chi connectivity index (χ2v) is 6.86. The van der Waals surface area contributed by atoms with Gasteiger partial charge in [0, 0.05) is 0 Å². The highest BCUT2D eigenvalue weighted by atomic mass is 32.2.